The fourth-order valence-electron chi connectivity index (χ4n) is 2.80. The number of aromatic nitrogens is 2. The molecule has 1 atom stereocenters. The largest absolute Gasteiger partial charge is 0.361 e. The van der Waals surface area contributed by atoms with Crippen LogP contribution in [0.1, 0.15) is 41.6 Å². The van der Waals surface area contributed by atoms with Gasteiger partial charge in [0.05, 0.1) is 0 Å². The van der Waals surface area contributed by atoms with Crippen molar-refractivity contribution in [2.75, 3.05) is 0 Å². The lowest BCUT2D eigenvalue weighted by molar-refractivity contribution is 0.0972. The first-order valence-electron chi connectivity index (χ1n) is 7.38. The molecule has 0 amide bonds. The van der Waals surface area contributed by atoms with E-state index in [-0.39, 0.29) is 11.7 Å². The number of hydrogen-bond donors (Lipinski definition) is 1. The number of nitrogens with one attached hydrogen (secondary N) is 1. The first-order valence-corrected chi connectivity index (χ1v) is 8.18. The summed E-state index contributed by atoms with van der Waals surface area (Å²) in [6, 6.07) is 9.81. The molecule has 2 aromatic heterocycles. The summed E-state index contributed by atoms with van der Waals surface area (Å²) in [4.78, 5) is 19.8. The van der Waals surface area contributed by atoms with Crippen LogP contribution in [0.5, 0.6) is 0 Å². The number of rotatable bonds is 5. The molecule has 2 heterocycles. The lowest BCUT2D eigenvalue weighted by Gasteiger charge is -2.13. The van der Waals surface area contributed by atoms with E-state index in [1.807, 2.05) is 18.3 Å². The molecule has 0 bridgehead atoms. The standard InChI is InChI=1S/C18H17BrN2O/c1-2-12(8-18(22)13-4-3-7-20-10-13)16-11-21-17-6-5-14(19)9-15(16)17/h3-7,9-12,21H,2,8H2,1H3. The maximum Gasteiger partial charge on any atom is 0.165 e. The second-order valence-corrected chi connectivity index (χ2v) is 6.32. The number of nitrogens with zero attached hydrogens (tertiary/aromatic N) is 1. The molecule has 0 spiro atoms. The molecule has 112 valence electrons. The molecule has 0 saturated heterocycles. The number of benzene rings is 1. The Morgan fingerprint density at radius 3 is 2.95 bits per heavy atom. The summed E-state index contributed by atoms with van der Waals surface area (Å²) >= 11 is 3.52. The second-order valence-electron chi connectivity index (χ2n) is 5.41. The van der Waals surface area contributed by atoms with Crippen LogP contribution in [0.2, 0.25) is 0 Å². The van der Waals surface area contributed by atoms with Gasteiger partial charge in [0.2, 0.25) is 0 Å². The smallest absolute Gasteiger partial charge is 0.165 e. The first kappa shape index (κ1) is 15.0. The number of carbonyl (C=O) groups excluding carboxylic acids is 1. The highest BCUT2D eigenvalue weighted by atomic mass is 79.9. The van der Waals surface area contributed by atoms with E-state index in [1.54, 1.807) is 18.5 Å². The molecule has 0 saturated carbocycles. The maximum atomic E-state index is 12.5. The van der Waals surface area contributed by atoms with Crippen LogP contribution in [0.4, 0.5) is 0 Å². The van der Waals surface area contributed by atoms with E-state index in [0.717, 1.165) is 16.4 Å². The molecule has 3 rings (SSSR count). The normalized spacial score (nSPS) is 12.5. The van der Waals surface area contributed by atoms with Crippen molar-refractivity contribution >= 4 is 32.6 Å². The maximum absolute atomic E-state index is 12.5. The van der Waals surface area contributed by atoms with E-state index < -0.39 is 0 Å². The summed E-state index contributed by atoms with van der Waals surface area (Å²) in [7, 11) is 0. The van der Waals surface area contributed by atoms with E-state index in [4.69, 9.17) is 0 Å². The van der Waals surface area contributed by atoms with Crippen LogP contribution in [0.3, 0.4) is 0 Å². The van der Waals surface area contributed by atoms with Gasteiger partial charge in [0.1, 0.15) is 0 Å². The van der Waals surface area contributed by atoms with Gasteiger partial charge in [-0.15, -0.1) is 0 Å². The van der Waals surface area contributed by atoms with Gasteiger partial charge in [-0.05, 0) is 48.2 Å². The number of fused-ring (bicyclic) bond motifs is 1. The number of halogens is 1. The zero-order valence-corrected chi connectivity index (χ0v) is 13.9. The average Bonchev–Trinajstić information content (AvgIpc) is 2.96. The molecule has 0 aliphatic rings. The van der Waals surface area contributed by atoms with Gasteiger partial charge in [-0.2, -0.15) is 0 Å². The average molecular weight is 357 g/mol. The van der Waals surface area contributed by atoms with Crippen LogP contribution in [0.25, 0.3) is 10.9 Å². The highest BCUT2D eigenvalue weighted by Crippen LogP contribution is 2.32. The molecular formula is C18H17BrN2O. The zero-order valence-electron chi connectivity index (χ0n) is 12.3. The predicted octanol–water partition coefficient (Wildman–Crippen LogP) is 5.09. The van der Waals surface area contributed by atoms with Gasteiger partial charge in [0.15, 0.2) is 5.78 Å². The van der Waals surface area contributed by atoms with Crippen LogP contribution in [0, 0.1) is 0 Å². The molecule has 1 unspecified atom stereocenters. The summed E-state index contributed by atoms with van der Waals surface area (Å²) in [6.45, 7) is 2.12. The molecule has 0 aliphatic carbocycles. The van der Waals surface area contributed by atoms with Crippen molar-refractivity contribution < 1.29 is 4.79 Å². The van der Waals surface area contributed by atoms with Crippen molar-refractivity contribution in [1.29, 1.82) is 0 Å². The van der Waals surface area contributed by atoms with Gasteiger partial charge in [0.25, 0.3) is 0 Å². The number of H-pyrrole nitrogens is 1. The van der Waals surface area contributed by atoms with Crippen LogP contribution in [-0.4, -0.2) is 15.8 Å². The molecule has 22 heavy (non-hydrogen) atoms. The van der Waals surface area contributed by atoms with Crippen molar-refractivity contribution in [1.82, 2.24) is 9.97 Å². The molecule has 0 radical (unpaired) electrons. The van der Waals surface area contributed by atoms with Crippen molar-refractivity contribution in [2.24, 2.45) is 0 Å². The molecule has 0 aliphatic heterocycles. The van der Waals surface area contributed by atoms with Crippen LogP contribution in [-0.2, 0) is 0 Å². The minimum absolute atomic E-state index is 0.143. The molecule has 3 aromatic rings. The Hall–Kier alpha value is -1.94. The molecule has 1 aromatic carbocycles. The summed E-state index contributed by atoms with van der Waals surface area (Å²) in [5.74, 6) is 0.347. The molecule has 1 N–H and O–H groups in total. The number of aromatic amines is 1. The lowest BCUT2D eigenvalue weighted by Crippen LogP contribution is -2.07. The summed E-state index contributed by atoms with van der Waals surface area (Å²) in [5.41, 5.74) is 2.99. The lowest BCUT2D eigenvalue weighted by atomic mass is 9.89. The number of pyridine rings is 1. The zero-order chi connectivity index (χ0) is 15.5. The van der Waals surface area contributed by atoms with Crippen LogP contribution < -0.4 is 0 Å². The second kappa shape index (κ2) is 6.44. The third kappa shape index (κ3) is 2.97. The molecule has 0 fully saturated rings. The Balaban J connectivity index is 1.90. The fourth-order valence-corrected chi connectivity index (χ4v) is 3.16. The van der Waals surface area contributed by atoms with E-state index in [0.29, 0.717) is 12.0 Å². The number of Topliss-reactive ketones (excluding diaryl/α,β-unsaturated/α-hetero) is 1. The third-order valence-corrected chi connectivity index (χ3v) is 4.52. The molecule has 3 nitrogen and oxygen atoms in total. The van der Waals surface area contributed by atoms with Crippen molar-refractivity contribution in [2.45, 2.75) is 25.7 Å². The van der Waals surface area contributed by atoms with Gasteiger partial charge in [-0.3, -0.25) is 9.78 Å². The monoisotopic (exact) mass is 356 g/mol. The summed E-state index contributed by atoms with van der Waals surface area (Å²) in [6.07, 6.45) is 6.78. The Kier molecular flexibility index (Phi) is 4.39. The van der Waals surface area contributed by atoms with E-state index in [9.17, 15) is 4.79 Å². The highest BCUT2D eigenvalue weighted by molar-refractivity contribution is 9.10. The Morgan fingerprint density at radius 1 is 1.36 bits per heavy atom. The molecule has 4 heteroatoms. The van der Waals surface area contributed by atoms with Crippen molar-refractivity contribution in [3.63, 3.8) is 0 Å². The van der Waals surface area contributed by atoms with E-state index in [2.05, 4.69) is 45.0 Å². The van der Waals surface area contributed by atoms with Gasteiger partial charge >= 0.3 is 0 Å². The first-order chi connectivity index (χ1) is 10.7. The quantitative estimate of drug-likeness (QED) is 0.647. The van der Waals surface area contributed by atoms with Crippen LogP contribution >= 0.6 is 15.9 Å². The predicted molar refractivity (Wildman–Crippen MR) is 92.2 cm³/mol. The Labute approximate surface area is 137 Å². The number of carbonyl (C=O) groups is 1. The minimum Gasteiger partial charge on any atom is -0.361 e. The van der Waals surface area contributed by atoms with Gasteiger partial charge in [0, 0.05) is 46.0 Å². The fraction of sp³-hybridized carbons (Fsp3) is 0.222. The van der Waals surface area contributed by atoms with Gasteiger partial charge in [-0.1, -0.05) is 22.9 Å². The van der Waals surface area contributed by atoms with Gasteiger partial charge < -0.3 is 4.98 Å². The SMILES string of the molecule is CCC(CC(=O)c1cccnc1)c1c[nH]c2ccc(Br)cc12. The minimum atomic E-state index is 0.143. The third-order valence-electron chi connectivity index (χ3n) is 4.02. The Morgan fingerprint density at radius 2 is 2.23 bits per heavy atom. The van der Waals surface area contributed by atoms with Crippen molar-refractivity contribution in [3.05, 3.63) is 64.5 Å². The van der Waals surface area contributed by atoms with E-state index >= 15 is 0 Å². The van der Waals surface area contributed by atoms with Crippen molar-refractivity contribution in [3.8, 4) is 0 Å². The summed E-state index contributed by atoms with van der Waals surface area (Å²) < 4.78 is 1.05. The summed E-state index contributed by atoms with van der Waals surface area (Å²) in [5, 5.41) is 1.18. The Bertz CT molecular complexity index is 795. The number of ketones is 1. The molecular weight excluding hydrogens is 340 g/mol. The number of hydrogen-bond acceptors (Lipinski definition) is 2. The van der Waals surface area contributed by atoms with Gasteiger partial charge in [-0.25, -0.2) is 0 Å². The topological polar surface area (TPSA) is 45.8 Å². The van der Waals surface area contributed by atoms with Crippen LogP contribution in [0.15, 0.2) is 53.4 Å². The van der Waals surface area contributed by atoms with E-state index in [1.165, 1.54) is 10.9 Å². The highest BCUT2D eigenvalue weighted by Gasteiger charge is 2.19.